The summed E-state index contributed by atoms with van der Waals surface area (Å²) in [5, 5.41) is 0.568. The maximum absolute atomic E-state index is 12.5. The number of carbonyl (C=O) groups is 2. The molecule has 0 N–H and O–H groups in total. The molecule has 0 bridgehead atoms. The highest BCUT2D eigenvalue weighted by molar-refractivity contribution is 7.27. The zero-order valence-electron chi connectivity index (χ0n) is 18.9. The van der Waals surface area contributed by atoms with Gasteiger partial charge in [-0.1, -0.05) is 69.7 Å². The number of esters is 2. The van der Waals surface area contributed by atoms with Gasteiger partial charge in [0.25, 0.3) is 0 Å². The summed E-state index contributed by atoms with van der Waals surface area (Å²) in [7, 11) is 2.43. The molecule has 0 aliphatic heterocycles. The molecule has 1 atom stereocenters. The van der Waals surface area contributed by atoms with Gasteiger partial charge in [-0.15, -0.1) is 22.4 Å². The first-order valence-corrected chi connectivity index (χ1v) is 11.3. The third-order valence-corrected chi connectivity index (χ3v) is 5.15. The van der Waals surface area contributed by atoms with Crippen LogP contribution in [-0.4, -0.2) is 18.3 Å². The van der Waals surface area contributed by atoms with Crippen molar-refractivity contribution in [3.8, 4) is 0 Å². The second-order valence-corrected chi connectivity index (χ2v) is 7.74. The van der Waals surface area contributed by atoms with Crippen molar-refractivity contribution in [3.63, 3.8) is 0 Å². The normalized spacial score (nSPS) is 10.6. The molecule has 0 aliphatic carbocycles. The van der Waals surface area contributed by atoms with Crippen LogP contribution in [0.3, 0.4) is 0 Å². The number of carbonyl (C=O) groups excluding carboxylic acids is 2. The summed E-state index contributed by atoms with van der Waals surface area (Å²) in [4.78, 5) is 24.6. The first-order valence-electron chi connectivity index (χ1n) is 10.7. The summed E-state index contributed by atoms with van der Waals surface area (Å²) in [6.45, 7) is 7.26. The van der Waals surface area contributed by atoms with Crippen molar-refractivity contribution in [1.82, 2.24) is 0 Å². The lowest BCUT2D eigenvalue weighted by Crippen LogP contribution is -2.25. The van der Waals surface area contributed by atoms with Crippen LogP contribution in [-0.2, 0) is 22.3 Å². The predicted molar refractivity (Wildman–Crippen MR) is 127 cm³/mol. The second kappa shape index (κ2) is 14.5. The molecule has 8 heteroatoms. The lowest BCUT2D eigenvalue weighted by molar-refractivity contribution is -0.291. The predicted octanol–water partition coefficient (Wildman–Crippen LogP) is 6.54. The van der Waals surface area contributed by atoms with Gasteiger partial charge in [-0.2, -0.15) is 0 Å². The Kier molecular flexibility index (Phi) is 12.5. The monoisotopic (exact) mass is 482 g/mol. The molecule has 0 heterocycles. The van der Waals surface area contributed by atoms with Gasteiger partial charge in [0.1, 0.15) is 0 Å². The first-order chi connectivity index (χ1) is 15.7. The molecule has 0 amide bonds. The molecule has 33 heavy (non-hydrogen) atoms. The minimum absolute atomic E-state index is 0.185. The Morgan fingerprint density at radius 3 is 1.85 bits per heavy atom. The standard InChI is InChI=1S/C19H24F3O4P.C6H6/c1-4-7-9-12-13(10-8-5-2)16(18(24)25-6-3)14(11-15(12)27)17(23)26-19(20,21)22;1-2-4-6-5-3-1/h6,11H,3-5,7-10,27H2,1-2H3;1-6H. The highest BCUT2D eigenvalue weighted by atomic mass is 31.0. The van der Waals surface area contributed by atoms with Crippen LogP contribution in [0.1, 0.15) is 71.4 Å². The first kappa shape index (κ1) is 28.4. The summed E-state index contributed by atoms with van der Waals surface area (Å²) in [6.07, 6.45) is 0.0583. The lowest BCUT2D eigenvalue weighted by atomic mass is 9.89. The number of unbranched alkanes of at least 4 members (excludes halogenated alkanes) is 2. The molecule has 0 fully saturated rings. The highest BCUT2D eigenvalue weighted by Gasteiger charge is 2.37. The Morgan fingerprint density at radius 1 is 0.939 bits per heavy atom. The van der Waals surface area contributed by atoms with Crippen LogP contribution in [0.15, 0.2) is 55.3 Å². The van der Waals surface area contributed by atoms with Gasteiger partial charge in [0.2, 0.25) is 0 Å². The van der Waals surface area contributed by atoms with Crippen LogP contribution in [0.25, 0.3) is 0 Å². The fourth-order valence-electron chi connectivity index (χ4n) is 3.15. The van der Waals surface area contributed by atoms with Crippen molar-refractivity contribution >= 4 is 26.5 Å². The van der Waals surface area contributed by atoms with E-state index in [1.165, 1.54) is 6.07 Å². The van der Waals surface area contributed by atoms with E-state index in [-0.39, 0.29) is 5.56 Å². The van der Waals surface area contributed by atoms with Gasteiger partial charge < -0.3 is 9.47 Å². The van der Waals surface area contributed by atoms with Crippen LogP contribution >= 0.6 is 9.24 Å². The Hall–Kier alpha value is -2.66. The molecule has 0 saturated heterocycles. The summed E-state index contributed by atoms with van der Waals surface area (Å²) in [5.41, 5.74) is 0.707. The fourth-order valence-corrected chi connectivity index (χ4v) is 3.64. The highest BCUT2D eigenvalue weighted by Crippen LogP contribution is 2.27. The van der Waals surface area contributed by atoms with Gasteiger partial charge in [0, 0.05) is 0 Å². The molecule has 2 aromatic rings. The van der Waals surface area contributed by atoms with Crippen LogP contribution in [0.5, 0.6) is 0 Å². The van der Waals surface area contributed by atoms with Gasteiger partial charge in [-0.3, -0.25) is 0 Å². The van der Waals surface area contributed by atoms with Crippen molar-refractivity contribution in [2.24, 2.45) is 0 Å². The number of hydrogen-bond acceptors (Lipinski definition) is 4. The molecule has 180 valence electrons. The molecule has 0 spiro atoms. The zero-order valence-corrected chi connectivity index (χ0v) is 20.1. The molecule has 4 nitrogen and oxygen atoms in total. The van der Waals surface area contributed by atoms with E-state index in [1.54, 1.807) is 0 Å². The SMILES string of the molecule is C=COC(=O)c1c(C(=O)OC(F)(F)F)cc(P)c(CCCC)c1CCCC.c1ccccc1. The van der Waals surface area contributed by atoms with Gasteiger partial charge in [-0.25, -0.2) is 9.59 Å². The zero-order chi connectivity index (χ0) is 24.9. The number of benzene rings is 2. The van der Waals surface area contributed by atoms with E-state index in [0.717, 1.165) is 31.1 Å². The Labute approximate surface area is 195 Å². The quantitative estimate of drug-likeness (QED) is 0.232. The topological polar surface area (TPSA) is 52.6 Å². The largest absolute Gasteiger partial charge is 0.575 e. The minimum Gasteiger partial charge on any atom is -0.432 e. The maximum atomic E-state index is 12.5. The third kappa shape index (κ3) is 9.79. The third-order valence-electron chi connectivity index (χ3n) is 4.63. The summed E-state index contributed by atoms with van der Waals surface area (Å²) >= 11 is 0. The average Bonchev–Trinajstić information content (AvgIpc) is 2.77. The lowest BCUT2D eigenvalue weighted by Gasteiger charge is -2.20. The van der Waals surface area contributed by atoms with Gasteiger partial charge in [-0.05, 0) is 48.2 Å². The number of alkyl halides is 3. The van der Waals surface area contributed by atoms with Crippen molar-refractivity contribution in [2.75, 3.05) is 0 Å². The Morgan fingerprint density at radius 2 is 1.42 bits per heavy atom. The van der Waals surface area contributed by atoms with Gasteiger partial charge >= 0.3 is 18.3 Å². The second-order valence-electron chi connectivity index (χ2n) is 7.11. The van der Waals surface area contributed by atoms with Crippen molar-refractivity contribution in [2.45, 2.75) is 58.7 Å². The molecule has 2 aromatic carbocycles. The van der Waals surface area contributed by atoms with Crippen LogP contribution < -0.4 is 5.30 Å². The molecule has 0 radical (unpaired) electrons. The van der Waals surface area contributed by atoms with Crippen LogP contribution in [0.4, 0.5) is 13.2 Å². The van der Waals surface area contributed by atoms with Crippen LogP contribution in [0.2, 0.25) is 0 Å². The maximum Gasteiger partial charge on any atom is 0.575 e. The smallest absolute Gasteiger partial charge is 0.432 e. The van der Waals surface area contributed by atoms with Crippen LogP contribution in [0, 0.1) is 0 Å². The van der Waals surface area contributed by atoms with E-state index in [1.807, 2.05) is 50.2 Å². The summed E-state index contributed by atoms with van der Waals surface area (Å²) < 4.78 is 46.0. The fraction of sp³-hybridized carbons (Fsp3) is 0.360. The van der Waals surface area contributed by atoms with Gasteiger partial charge in [0.05, 0.1) is 17.4 Å². The molecular formula is C25H30F3O4P. The van der Waals surface area contributed by atoms with E-state index in [0.29, 0.717) is 30.1 Å². The van der Waals surface area contributed by atoms with Crippen molar-refractivity contribution < 1.29 is 32.2 Å². The summed E-state index contributed by atoms with van der Waals surface area (Å²) in [5.74, 6) is -2.56. The number of halogens is 3. The number of ether oxygens (including phenoxy) is 2. The van der Waals surface area contributed by atoms with Gasteiger partial charge in [0.15, 0.2) is 0 Å². The molecular weight excluding hydrogens is 452 g/mol. The molecule has 1 unspecified atom stereocenters. The van der Waals surface area contributed by atoms with E-state index in [9.17, 15) is 22.8 Å². The van der Waals surface area contributed by atoms with Crippen molar-refractivity contribution in [1.29, 1.82) is 0 Å². The van der Waals surface area contributed by atoms with E-state index < -0.39 is 23.9 Å². The van der Waals surface area contributed by atoms with E-state index in [4.69, 9.17) is 4.74 Å². The van der Waals surface area contributed by atoms with E-state index in [2.05, 4.69) is 20.6 Å². The van der Waals surface area contributed by atoms with E-state index >= 15 is 0 Å². The average molecular weight is 482 g/mol. The molecule has 0 saturated carbocycles. The Balaban J connectivity index is 0.000000779. The minimum atomic E-state index is -5.15. The molecule has 0 aromatic heterocycles. The summed E-state index contributed by atoms with van der Waals surface area (Å²) in [6, 6.07) is 13.2. The number of hydrogen-bond donors (Lipinski definition) is 0. The molecule has 0 aliphatic rings. The Bertz CT molecular complexity index is 885. The molecule has 2 rings (SSSR count). The number of rotatable bonds is 9. The van der Waals surface area contributed by atoms with Crippen molar-refractivity contribution in [3.05, 3.63) is 77.6 Å².